The van der Waals surface area contributed by atoms with Crippen LogP contribution in [0.4, 0.5) is 0 Å². The zero-order chi connectivity index (χ0) is 7.98. The third-order valence-electron chi connectivity index (χ3n) is 0.864. The SMILES string of the molecule is C=COC(=O)C(C=O)=CC. The van der Waals surface area contributed by atoms with Gasteiger partial charge in [-0.3, -0.25) is 4.79 Å². The Balaban J connectivity index is 4.16. The molecule has 0 radical (unpaired) electrons. The van der Waals surface area contributed by atoms with Crippen LogP contribution in [0.15, 0.2) is 24.5 Å². The summed E-state index contributed by atoms with van der Waals surface area (Å²) in [5, 5.41) is 0. The van der Waals surface area contributed by atoms with Crippen molar-refractivity contribution in [3.05, 3.63) is 24.5 Å². The van der Waals surface area contributed by atoms with Gasteiger partial charge in [0.25, 0.3) is 0 Å². The fraction of sp³-hybridized carbons (Fsp3) is 0.143. The van der Waals surface area contributed by atoms with E-state index in [0.717, 1.165) is 6.26 Å². The molecule has 0 rings (SSSR count). The van der Waals surface area contributed by atoms with Gasteiger partial charge >= 0.3 is 5.97 Å². The normalized spacial score (nSPS) is 10.3. The van der Waals surface area contributed by atoms with E-state index in [9.17, 15) is 9.59 Å². The molecule has 0 atom stereocenters. The van der Waals surface area contributed by atoms with Crippen LogP contribution in [0.1, 0.15) is 6.92 Å². The maximum Gasteiger partial charge on any atom is 0.345 e. The number of carbonyl (C=O) groups is 2. The molecule has 0 aromatic rings. The highest BCUT2D eigenvalue weighted by atomic mass is 16.5. The molecule has 0 aliphatic heterocycles. The summed E-state index contributed by atoms with van der Waals surface area (Å²) < 4.78 is 4.31. The molecule has 0 aliphatic rings. The average Bonchev–Trinajstić information content (AvgIpc) is 1.91. The van der Waals surface area contributed by atoms with Crippen molar-refractivity contribution in [2.75, 3.05) is 0 Å². The highest BCUT2D eigenvalue weighted by molar-refractivity contribution is 6.07. The second-order valence-electron chi connectivity index (χ2n) is 1.43. The van der Waals surface area contributed by atoms with Crippen LogP contribution < -0.4 is 0 Å². The number of allylic oxidation sites excluding steroid dienone is 1. The fourth-order valence-corrected chi connectivity index (χ4v) is 0.378. The largest absolute Gasteiger partial charge is 0.431 e. The molecule has 0 heterocycles. The van der Waals surface area contributed by atoms with E-state index in [1.165, 1.54) is 6.08 Å². The Bertz CT molecular complexity index is 179. The summed E-state index contributed by atoms with van der Waals surface area (Å²) in [6, 6.07) is 0. The molecular weight excluding hydrogens is 132 g/mol. The van der Waals surface area contributed by atoms with Crippen molar-refractivity contribution >= 4 is 12.3 Å². The lowest BCUT2D eigenvalue weighted by Crippen LogP contribution is -2.04. The number of hydrogen-bond donors (Lipinski definition) is 0. The zero-order valence-corrected chi connectivity index (χ0v) is 5.66. The minimum atomic E-state index is -0.674. The first-order chi connectivity index (χ1) is 4.76. The van der Waals surface area contributed by atoms with Crippen LogP contribution in [0, 0.1) is 0 Å². The maximum absolute atomic E-state index is 10.6. The molecule has 0 N–H and O–H groups in total. The number of esters is 1. The lowest BCUT2D eigenvalue weighted by molar-refractivity contribution is -0.134. The van der Waals surface area contributed by atoms with Crippen LogP contribution in [0.25, 0.3) is 0 Å². The molecule has 0 amide bonds. The lowest BCUT2D eigenvalue weighted by atomic mass is 10.3. The van der Waals surface area contributed by atoms with Gasteiger partial charge in [0.1, 0.15) is 0 Å². The van der Waals surface area contributed by atoms with E-state index >= 15 is 0 Å². The standard InChI is InChI=1S/C7H8O3/c1-3-6(5-8)7(9)10-4-2/h3-5H,2H2,1H3. The predicted molar refractivity (Wildman–Crippen MR) is 36.1 cm³/mol. The summed E-state index contributed by atoms with van der Waals surface area (Å²) in [5.74, 6) is -0.674. The van der Waals surface area contributed by atoms with Gasteiger partial charge in [-0.1, -0.05) is 12.7 Å². The highest BCUT2D eigenvalue weighted by Gasteiger charge is 2.05. The van der Waals surface area contributed by atoms with Crippen LogP contribution >= 0.6 is 0 Å². The molecular formula is C7H8O3. The first kappa shape index (κ1) is 8.62. The Morgan fingerprint density at radius 3 is 2.50 bits per heavy atom. The Hall–Kier alpha value is -1.38. The molecule has 0 aromatic heterocycles. The molecule has 0 unspecified atom stereocenters. The van der Waals surface area contributed by atoms with Crippen molar-refractivity contribution < 1.29 is 14.3 Å². The van der Waals surface area contributed by atoms with Crippen LogP contribution in [0.2, 0.25) is 0 Å². The fourth-order valence-electron chi connectivity index (χ4n) is 0.378. The molecule has 0 aromatic carbocycles. The monoisotopic (exact) mass is 140 g/mol. The molecule has 3 heteroatoms. The molecule has 3 nitrogen and oxygen atoms in total. The minimum Gasteiger partial charge on any atom is -0.431 e. The van der Waals surface area contributed by atoms with E-state index in [0.29, 0.717) is 6.29 Å². The quantitative estimate of drug-likeness (QED) is 0.145. The van der Waals surface area contributed by atoms with E-state index in [-0.39, 0.29) is 5.57 Å². The summed E-state index contributed by atoms with van der Waals surface area (Å²) in [7, 11) is 0. The van der Waals surface area contributed by atoms with Crippen LogP contribution in [0.3, 0.4) is 0 Å². The smallest absolute Gasteiger partial charge is 0.345 e. The number of hydrogen-bond acceptors (Lipinski definition) is 3. The van der Waals surface area contributed by atoms with E-state index in [1.54, 1.807) is 6.92 Å². The van der Waals surface area contributed by atoms with E-state index in [1.807, 2.05) is 0 Å². The second-order valence-corrected chi connectivity index (χ2v) is 1.43. The first-order valence-electron chi connectivity index (χ1n) is 2.69. The summed E-state index contributed by atoms with van der Waals surface area (Å²) in [6.45, 7) is 4.74. The van der Waals surface area contributed by atoms with Gasteiger partial charge in [-0.2, -0.15) is 0 Å². The zero-order valence-electron chi connectivity index (χ0n) is 5.66. The molecule has 10 heavy (non-hydrogen) atoms. The molecule has 0 fully saturated rings. The van der Waals surface area contributed by atoms with Crippen molar-refractivity contribution in [1.29, 1.82) is 0 Å². The van der Waals surface area contributed by atoms with Gasteiger partial charge in [0.2, 0.25) is 0 Å². The van der Waals surface area contributed by atoms with Gasteiger partial charge in [0, 0.05) is 0 Å². The topological polar surface area (TPSA) is 43.4 Å². The third-order valence-corrected chi connectivity index (χ3v) is 0.864. The maximum atomic E-state index is 10.6. The van der Waals surface area contributed by atoms with Crippen molar-refractivity contribution in [1.82, 2.24) is 0 Å². The van der Waals surface area contributed by atoms with E-state index in [2.05, 4.69) is 11.3 Å². The Kier molecular flexibility index (Phi) is 3.87. The van der Waals surface area contributed by atoms with Crippen molar-refractivity contribution in [2.45, 2.75) is 6.92 Å². The van der Waals surface area contributed by atoms with E-state index in [4.69, 9.17) is 0 Å². The van der Waals surface area contributed by atoms with Crippen molar-refractivity contribution in [3.8, 4) is 0 Å². The molecule has 0 saturated heterocycles. The number of ether oxygens (including phenoxy) is 1. The lowest BCUT2D eigenvalue weighted by Gasteiger charge is -1.93. The minimum absolute atomic E-state index is 0.0000926. The number of aldehydes is 1. The van der Waals surface area contributed by atoms with Crippen LogP contribution in [0.5, 0.6) is 0 Å². The highest BCUT2D eigenvalue weighted by Crippen LogP contribution is 1.92. The second kappa shape index (κ2) is 4.49. The van der Waals surface area contributed by atoms with Gasteiger partial charge in [-0.25, -0.2) is 4.79 Å². The molecule has 0 aliphatic carbocycles. The molecule has 0 saturated carbocycles. The summed E-state index contributed by atoms with van der Waals surface area (Å²) in [4.78, 5) is 20.7. The van der Waals surface area contributed by atoms with Gasteiger partial charge in [-0.15, -0.1) is 0 Å². The van der Waals surface area contributed by atoms with Gasteiger partial charge < -0.3 is 4.74 Å². The van der Waals surface area contributed by atoms with Crippen molar-refractivity contribution in [2.24, 2.45) is 0 Å². The summed E-state index contributed by atoms with van der Waals surface area (Å²) in [5.41, 5.74) is -0.0000926. The first-order valence-corrected chi connectivity index (χ1v) is 2.69. The average molecular weight is 140 g/mol. The summed E-state index contributed by atoms with van der Waals surface area (Å²) in [6.07, 6.45) is 2.79. The Labute approximate surface area is 59.0 Å². The molecule has 0 spiro atoms. The number of rotatable bonds is 3. The molecule has 0 bridgehead atoms. The third kappa shape index (κ3) is 2.26. The predicted octanol–water partition coefficient (Wildman–Crippen LogP) is 0.818. The van der Waals surface area contributed by atoms with E-state index < -0.39 is 5.97 Å². The Morgan fingerprint density at radius 1 is 1.60 bits per heavy atom. The molecule has 54 valence electrons. The van der Waals surface area contributed by atoms with Gasteiger partial charge in [0.05, 0.1) is 11.8 Å². The Morgan fingerprint density at radius 2 is 2.20 bits per heavy atom. The van der Waals surface area contributed by atoms with Crippen LogP contribution in [-0.2, 0) is 14.3 Å². The van der Waals surface area contributed by atoms with Gasteiger partial charge in [0.15, 0.2) is 6.29 Å². The van der Waals surface area contributed by atoms with Crippen molar-refractivity contribution in [3.63, 3.8) is 0 Å². The van der Waals surface area contributed by atoms with Crippen LogP contribution in [-0.4, -0.2) is 12.3 Å². The van der Waals surface area contributed by atoms with Gasteiger partial charge in [-0.05, 0) is 6.92 Å². The summed E-state index contributed by atoms with van der Waals surface area (Å²) >= 11 is 0. The number of carbonyl (C=O) groups excluding carboxylic acids is 2.